The van der Waals surface area contributed by atoms with E-state index in [0.29, 0.717) is 18.4 Å². The van der Waals surface area contributed by atoms with Crippen LogP contribution in [-0.2, 0) is 12.0 Å². The maximum Gasteiger partial charge on any atom is 0.222 e. The summed E-state index contributed by atoms with van der Waals surface area (Å²) >= 11 is 6.57. The van der Waals surface area contributed by atoms with Crippen molar-refractivity contribution in [1.82, 2.24) is 14.9 Å². The van der Waals surface area contributed by atoms with Gasteiger partial charge in [0.15, 0.2) is 0 Å². The Kier molecular flexibility index (Phi) is 6.50. The third-order valence-electron chi connectivity index (χ3n) is 7.55. The first kappa shape index (κ1) is 23.1. The molecule has 3 aromatic rings. The molecule has 2 atom stereocenters. The molecule has 5 nitrogen and oxygen atoms in total. The molecule has 1 aromatic carbocycles. The van der Waals surface area contributed by atoms with E-state index < -0.39 is 0 Å². The lowest BCUT2D eigenvalue weighted by Crippen LogP contribution is -2.57. The number of anilines is 1. The van der Waals surface area contributed by atoms with Gasteiger partial charge in [-0.3, -0.25) is 9.88 Å². The van der Waals surface area contributed by atoms with Gasteiger partial charge in [-0.25, -0.2) is 4.98 Å². The number of fused-ring (bicyclic) bond motifs is 2. The summed E-state index contributed by atoms with van der Waals surface area (Å²) in [4.78, 5) is 14.5. The van der Waals surface area contributed by atoms with E-state index in [-0.39, 0.29) is 5.41 Å². The first-order valence-corrected chi connectivity index (χ1v) is 12.7. The lowest BCUT2D eigenvalue weighted by Gasteiger charge is -2.53. The van der Waals surface area contributed by atoms with E-state index in [1.54, 1.807) is 6.20 Å². The van der Waals surface area contributed by atoms with Crippen LogP contribution >= 0.6 is 11.6 Å². The van der Waals surface area contributed by atoms with E-state index >= 15 is 0 Å². The van der Waals surface area contributed by atoms with Crippen molar-refractivity contribution in [1.29, 1.82) is 0 Å². The molecule has 0 bridgehead atoms. The van der Waals surface area contributed by atoms with E-state index in [2.05, 4.69) is 53.0 Å². The summed E-state index contributed by atoms with van der Waals surface area (Å²) in [5, 5.41) is 0.836. The first-order valence-electron chi connectivity index (χ1n) is 12.3. The van der Waals surface area contributed by atoms with Crippen molar-refractivity contribution < 1.29 is 4.74 Å². The van der Waals surface area contributed by atoms with Crippen LogP contribution in [0.3, 0.4) is 0 Å². The summed E-state index contributed by atoms with van der Waals surface area (Å²) in [7, 11) is 2.22. The van der Waals surface area contributed by atoms with Gasteiger partial charge in [-0.05, 0) is 62.2 Å². The van der Waals surface area contributed by atoms with Crippen LogP contribution in [0.25, 0.3) is 11.3 Å². The highest BCUT2D eigenvalue weighted by molar-refractivity contribution is 6.33. The minimum absolute atomic E-state index is 0.0953. The van der Waals surface area contributed by atoms with Crippen molar-refractivity contribution in [2.24, 2.45) is 5.92 Å². The summed E-state index contributed by atoms with van der Waals surface area (Å²) in [6, 6.07) is 16.7. The Bertz CT molecular complexity index is 1170. The molecule has 2 aliphatic rings. The number of nitrogens with zero attached hydrogens (tertiary/aromatic N) is 4. The molecule has 0 amide bonds. The van der Waals surface area contributed by atoms with Crippen molar-refractivity contribution in [3.8, 4) is 17.1 Å². The summed E-state index contributed by atoms with van der Waals surface area (Å²) in [5.74, 6) is 1.17. The van der Waals surface area contributed by atoms with Crippen LogP contribution in [0.15, 0.2) is 54.7 Å². The van der Waals surface area contributed by atoms with Crippen LogP contribution in [-0.4, -0.2) is 48.2 Å². The van der Waals surface area contributed by atoms with Crippen LogP contribution in [0.1, 0.15) is 37.9 Å². The minimum atomic E-state index is 0.0953. The number of aromatic nitrogens is 2. The summed E-state index contributed by atoms with van der Waals surface area (Å²) < 4.78 is 5.79. The second-order valence-electron chi connectivity index (χ2n) is 9.56. The monoisotopic (exact) mass is 476 g/mol. The molecule has 2 aliphatic heterocycles. The number of para-hydroxylation sites is 1. The lowest BCUT2D eigenvalue weighted by atomic mass is 9.62. The topological polar surface area (TPSA) is 41.5 Å². The predicted octanol–water partition coefficient (Wildman–Crippen LogP) is 5.82. The maximum atomic E-state index is 6.57. The van der Waals surface area contributed by atoms with Crippen LogP contribution in [0.2, 0.25) is 5.02 Å². The number of hydrogen-bond donors (Lipinski definition) is 0. The fourth-order valence-electron chi connectivity index (χ4n) is 6.02. The van der Waals surface area contributed by atoms with E-state index in [9.17, 15) is 0 Å². The van der Waals surface area contributed by atoms with E-state index in [1.807, 2.05) is 31.2 Å². The molecular formula is C28H33ClN4O. The van der Waals surface area contributed by atoms with Crippen molar-refractivity contribution >= 4 is 17.3 Å². The molecule has 1 spiro atoms. The highest BCUT2D eigenvalue weighted by Crippen LogP contribution is 2.47. The molecule has 178 valence electrons. The molecule has 0 saturated carbocycles. The molecule has 1 saturated heterocycles. The molecule has 4 heterocycles. The van der Waals surface area contributed by atoms with Crippen molar-refractivity contribution in [3.05, 3.63) is 71.0 Å². The van der Waals surface area contributed by atoms with Crippen molar-refractivity contribution in [2.45, 2.75) is 38.6 Å². The Morgan fingerprint density at radius 1 is 1.12 bits per heavy atom. The summed E-state index contributed by atoms with van der Waals surface area (Å²) in [6.07, 6.45) is 3.98. The summed E-state index contributed by atoms with van der Waals surface area (Å²) in [6.45, 7) is 8.81. The van der Waals surface area contributed by atoms with Crippen molar-refractivity contribution in [3.63, 3.8) is 0 Å². The maximum absolute atomic E-state index is 6.57. The van der Waals surface area contributed by atoms with Gasteiger partial charge in [0, 0.05) is 37.8 Å². The molecule has 0 N–H and O–H groups in total. The van der Waals surface area contributed by atoms with Gasteiger partial charge in [-0.1, -0.05) is 43.1 Å². The second kappa shape index (κ2) is 9.55. The lowest BCUT2D eigenvalue weighted by molar-refractivity contribution is 0.121. The first-order chi connectivity index (χ1) is 16.6. The zero-order valence-electron chi connectivity index (χ0n) is 20.3. The Labute approximate surface area is 207 Å². The molecule has 2 unspecified atom stereocenters. The Morgan fingerprint density at radius 2 is 1.97 bits per heavy atom. The standard InChI is InChI=1S/C28H33ClN4O/c1-4-20-17-33(26-11-7-6-10-23(26)29)16-14-28(20)19-32(3)18-25-22(28)12-13-24(31-25)21-9-8-15-30-27(21)34-5-2/h6-13,15,20H,4-5,14,16-19H2,1-3H3. The van der Waals surface area contributed by atoms with Gasteiger partial charge < -0.3 is 9.64 Å². The van der Waals surface area contributed by atoms with E-state index in [0.717, 1.165) is 61.0 Å². The molecule has 5 rings (SSSR count). The Morgan fingerprint density at radius 3 is 2.76 bits per heavy atom. The third kappa shape index (κ3) is 4.05. The van der Waals surface area contributed by atoms with Crippen molar-refractivity contribution in [2.75, 3.05) is 38.2 Å². The number of benzene rings is 1. The third-order valence-corrected chi connectivity index (χ3v) is 7.87. The van der Waals surface area contributed by atoms with Crippen LogP contribution < -0.4 is 9.64 Å². The predicted molar refractivity (Wildman–Crippen MR) is 139 cm³/mol. The SMILES string of the molecule is CCOc1ncccc1-c1ccc2c(n1)CN(C)CC21CCN(c2ccccc2Cl)CC1CC. The summed E-state index contributed by atoms with van der Waals surface area (Å²) in [5.41, 5.74) is 5.73. The Balaban J connectivity index is 1.52. The van der Waals surface area contributed by atoms with Crippen LogP contribution in [0.5, 0.6) is 5.88 Å². The minimum Gasteiger partial charge on any atom is -0.477 e. The fourth-order valence-corrected chi connectivity index (χ4v) is 6.28. The normalized spacial score (nSPS) is 22.6. The fraction of sp³-hybridized carbons (Fsp3) is 0.429. The second-order valence-corrected chi connectivity index (χ2v) is 9.97. The van der Waals surface area contributed by atoms with E-state index in [4.69, 9.17) is 21.3 Å². The molecule has 1 fully saturated rings. The molecule has 0 aliphatic carbocycles. The Hall–Kier alpha value is -2.63. The van der Waals surface area contributed by atoms with Gasteiger partial charge in [0.05, 0.1) is 34.3 Å². The van der Waals surface area contributed by atoms with Gasteiger partial charge in [-0.15, -0.1) is 0 Å². The average Bonchev–Trinajstić information content (AvgIpc) is 2.85. The molecule has 0 radical (unpaired) electrons. The van der Waals surface area contributed by atoms with Gasteiger partial charge in [-0.2, -0.15) is 0 Å². The van der Waals surface area contributed by atoms with Crippen LogP contribution in [0, 0.1) is 5.92 Å². The van der Waals surface area contributed by atoms with Crippen LogP contribution in [0.4, 0.5) is 5.69 Å². The highest BCUT2D eigenvalue weighted by atomic mass is 35.5. The average molecular weight is 477 g/mol. The molecular weight excluding hydrogens is 444 g/mol. The smallest absolute Gasteiger partial charge is 0.222 e. The number of halogens is 1. The molecule has 6 heteroatoms. The number of hydrogen-bond acceptors (Lipinski definition) is 5. The van der Waals surface area contributed by atoms with Gasteiger partial charge in [0.25, 0.3) is 0 Å². The number of pyridine rings is 2. The molecule has 2 aromatic heterocycles. The zero-order chi connectivity index (χ0) is 23.7. The van der Waals surface area contributed by atoms with Gasteiger partial charge in [0.1, 0.15) is 0 Å². The number of likely N-dealkylation sites (N-methyl/N-ethyl adjacent to an activating group) is 1. The van der Waals surface area contributed by atoms with Gasteiger partial charge in [0.2, 0.25) is 5.88 Å². The molecule has 34 heavy (non-hydrogen) atoms. The highest BCUT2D eigenvalue weighted by Gasteiger charge is 2.47. The quantitative estimate of drug-likeness (QED) is 0.464. The number of piperidine rings is 1. The van der Waals surface area contributed by atoms with E-state index in [1.165, 1.54) is 11.3 Å². The largest absolute Gasteiger partial charge is 0.477 e. The number of ether oxygens (including phenoxy) is 1. The number of rotatable bonds is 5. The van der Waals surface area contributed by atoms with Gasteiger partial charge >= 0.3 is 0 Å². The zero-order valence-corrected chi connectivity index (χ0v) is 21.1.